The number of nitrogens with zero attached hydrogens (tertiary/aromatic N) is 2. The number of pyridine rings is 2. The van der Waals surface area contributed by atoms with Gasteiger partial charge in [0.1, 0.15) is 18.1 Å². The van der Waals surface area contributed by atoms with Crippen LogP contribution in [-0.4, -0.2) is 35.6 Å². The first-order chi connectivity index (χ1) is 16.9. The highest BCUT2D eigenvalue weighted by molar-refractivity contribution is 6.35. The highest BCUT2D eigenvalue weighted by atomic mass is 35.5. The molecule has 35 heavy (non-hydrogen) atoms. The molecule has 2 atom stereocenters. The molecule has 2 aromatic heterocycles. The van der Waals surface area contributed by atoms with E-state index >= 15 is 0 Å². The van der Waals surface area contributed by atoms with Crippen LogP contribution in [-0.2, 0) is 4.74 Å². The number of ether oxygens (including phenoxy) is 3. The van der Waals surface area contributed by atoms with Gasteiger partial charge in [-0.1, -0.05) is 23.2 Å². The van der Waals surface area contributed by atoms with Crippen molar-refractivity contribution in [3.63, 3.8) is 0 Å². The van der Waals surface area contributed by atoms with Crippen LogP contribution in [0.15, 0.2) is 42.9 Å². The molecule has 1 fully saturated rings. The summed E-state index contributed by atoms with van der Waals surface area (Å²) >= 11 is 12.6. The number of anilines is 2. The molecule has 184 valence electrons. The summed E-state index contributed by atoms with van der Waals surface area (Å²) in [6, 6.07) is 7.18. The number of rotatable bonds is 8. The fraction of sp³-hybridized carbons (Fsp3) is 0.320. The standard InChI is InChI=1S/C25H27Cl2N5O3/c1-14(23-18(26)12-30-13-19(23)27)35-16-6-7-21(32-22-5-3-4-8-34-22)17(10-16)24(29)15-9-20(28)25(33-2)31-11-15/h6-7,9-14,22,29,32H,3-5,8,28H2,1-2H3/t14-,22?/m1/s1. The molecule has 1 aliphatic heterocycles. The Morgan fingerprint density at radius 1 is 1.20 bits per heavy atom. The smallest absolute Gasteiger partial charge is 0.236 e. The van der Waals surface area contributed by atoms with Crippen molar-refractivity contribution in [1.82, 2.24) is 9.97 Å². The number of halogens is 2. The molecule has 1 saturated heterocycles. The molecule has 4 rings (SSSR count). The lowest BCUT2D eigenvalue weighted by molar-refractivity contribution is 0.0343. The highest BCUT2D eigenvalue weighted by Gasteiger charge is 2.21. The second-order valence-corrected chi connectivity index (χ2v) is 9.00. The average molecular weight is 516 g/mol. The number of hydrogen-bond donors (Lipinski definition) is 3. The van der Waals surface area contributed by atoms with E-state index in [0.29, 0.717) is 50.7 Å². The number of hydrogen-bond acceptors (Lipinski definition) is 8. The summed E-state index contributed by atoms with van der Waals surface area (Å²) in [7, 11) is 1.50. The van der Waals surface area contributed by atoms with Gasteiger partial charge in [-0.15, -0.1) is 0 Å². The number of methoxy groups -OCH3 is 1. The molecule has 10 heteroatoms. The summed E-state index contributed by atoms with van der Waals surface area (Å²) < 4.78 is 17.2. The van der Waals surface area contributed by atoms with Crippen molar-refractivity contribution in [1.29, 1.82) is 5.41 Å². The largest absolute Gasteiger partial charge is 0.486 e. The minimum absolute atomic E-state index is 0.130. The first-order valence-electron chi connectivity index (χ1n) is 11.2. The van der Waals surface area contributed by atoms with Crippen LogP contribution < -0.4 is 20.5 Å². The minimum atomic E-state index is -0.446. The number of nitrogens with two attached hydrogens (primary N) is 1. The van der Waals surface area contributed by atoms with Gasteiger partial charge in [0.05, 0.1) is 28.6 Å². The Morgan fingerprint density at radius 2 is 1.97 bits per heavy atom. The number of benzene rings is 1. The van der Waals surface area contributed by atoms with Gasteiger partial charge in [-0.25, -0.2) is 4.98 Å². The molecule has 1 aromatic carbocycles. The molecule has 0 aliphatic carbocycles. The number of nitrogen functional groups attached to an aromatic ring is 1. The van der Waals surface area contributed by atoms with E-state index in [1.807, 2.05) is 19.1 Å². The summed E-state index contributed by atoms with van der Waals surface area (Å²) in [5.74, 6) is 0.860. The minimum Gasteiger partial charge on any atom is -0.486 e. The van der Waals surface area contributed by atoms with Crippen molar-refractivity contribution in [2.45, 2.75) is 38.5 Å². The zero-order chi connectivity index (χ0) is 24.9. The second kappa shape index (κ2) is 11.1. The van der Waals surface area contributed by atoms with E-state index < -0.39 is 6.10 Å². The molecular formula is C25H27Cl2N5O3. The van der Waals surface area contributed by atoms with Gasteiger partial charge in [-0.3, -0.25) is 10.4 Å². The molecule has 1 aliphatic rings. The number of nitrogens with one attached hydrogen (secondary N) is 2. The molecule has 0 spiro atoms. The van der Waals surface area contributed by atoms with Gasteiger partial charge in [0.2, 0.25) is 5.88 Å². The van der Waals surface area contributed by atoms with Crippen molar-refractivity contribution in [2.75, 3.05) is 24.8 Å². The monoisotopic (exact) mass is 515 g/mol. The van der Waals surface area contributed by atoms with Crippen molar-refractivity contribution in [2.24, 2.45) is 0 Å². The van der Waals surface area contributed by atoms with E-state index in [1.54, 1.807) is 18.3 Å². The van der Waals surface area contributed by atoms with Crippen LogP contribution in [0.3, 0.4) is 0 Å². The van der Waals surface area contributed by atoms with Crippen molar-refractivity contribution < 1.29 is 14.2 Å². The van der Waals surface area contributed by atoms with Crippen LogP contribution in [0, 0.1) is 5.41 Å². The Kier molecular flexibility index (Phi) is 7.95. The van der Waals surface area contributed by atoms with Crippen LogP contribution in [0.2, 0.25) is 10.0 Å². The molecule has 3 heterocycles. The fourth-order valence-electron chi connectivity index (χ4n) is 3.96. The molecule has 0 radical (unpaired) electrons. The predicted octanol–water partition coefficient (Wildman–Crippen LogP) is 5.87. The Morgan fingerprint density at radius 3 is 2.63 bits per heavy atom. The maximum atomic E-state index is 8.94. The average Bonchev–Trinajstić information content (AvgIpc) is 2.85. The first-order valence-corrected chi connectivity index (χ1v) is 12.0. The molecule has 3 aromatic rings. The fourth-order valence-corrected chi connectivity index (χ4v) is 4.63. The van der Waals surface area contributed by atoms with Gasteiger partial charge in [-0.05, 0) is 50.5 Å². The van der Waals surface area contributed by atoms with E-state index in [0.717, 1.165) is 24.9 Å². The SMILES string of the molecule is COc1ncc(C(=N)c2cc(O[C@H](C)c3c(Cl)cncc3Cl)ccc2NC2CCCCO2)cc1N. The number of aromatic nitrogens is 2. The Hall–Kier alpha value is -3.07. The van der Waals surface area contributed by atoms with Crippen molar-refractivity contribution >= 4 is 40.3 Å². The molecular weight excluding hydrogens is 489 g/mol. The van der Waals surface area contributed by atoms with E-state index in [1.165, 1.54) is 19.5 Å². The van der Waals surface area contributed by atoms with Gasteiger partial charge in [0.15, 0.2) is 0 Å². The Bertz CT molecular complexity index is 1200. The quantitative estimate of drug-likeness (QED) is 0.321. The first kappa shape index (κ1) is 25.0. The zero-order valence-corrected chi connectivity index (χ0v) is 21.0. The lowest BCUT2D eigenvalue weighted by Gasteiger charge is -2.26. The van der Waals surface area contributed by atoms with Crippen LogP contribution in [0.4, 0.5) is 11.4 Å². The summed E-state index contributed by atoms with van der Waals surface area (Å²) in [5, 5.41) is 13.2. The maximum absolute atomic E-state index is 8.94. The van der Waals surface area contributed by atoms with Gasteiger partial charge < -0.3 is 25.3 Å². The second-order valence-electron chi connectivity index (χ2n) is 8.18. The molecule has 1 unspecified atom stereocenters. The van der Waals surface area contributed by atoms with Crippen LogP contribution >= 0.6 is 23.2 Å². The van der Waals surface area contributed by atoms with Gasteiger partial charge in [0, 0.05) is 47.6 Å². The lowest BCUT2D eigenvalue weighted by atomic mass is 10.0. The van der Waals surface area contributed by atoms with Crippen LogP contribution in [0.5, 0.6) is 11.6 Å². The predicted molar refractivity (Wildman–Crippen MR) is 138 cm³/mol. The summed E-state index contributed by atoms with van der Waals surface area (Å²) in [6.07, 6.45) is 7.05. The van der Waals surface area contributed by atoms with Crippen molar-refractivity contribution in [3.05, 3.63) is 69.6 Å². The highest BCUT2D eigenvalue weighted by Crippen LogP contribution is 2.34. The molecule has 8 nitrogen and oxygen atoms in total. The van der Waals surface area contributed by atoms with Crippen molar-refractivity contribution in [3.8, 4) is 11.6 Å². The normalized spacial score (nSPS) is 16.4. The molecule has 0 amide bonds. The molecule has 4 N–H and O–H groups in total. The van der Waals surface area contributed by atoms with Crippen LogP contribution in [0.1, 0.15) is 49.0 Å². The third kappa shape index (κ3) is 5.78. The topological polar surface area (TPSA) is 115 Å². The van der Waals surface area contributed by atoms with Crippen LogP contribution in [0.25, 0.3) is 0 Å². The maximum Gasteiger partial charge on any atom is 0.236 e. The zero-order valence-electron chi connectivity index (χ0n) is 19.5. The van der Waals surface area contributed by atoms with E-state index in [9.17, 15) is 0 Å². The molecule has 0 bridgehead atoms. The third-order valence-electron chi connectivity index (χ3n) is 5.73. The lowest BCUT2D eigenvalue weighted by Crippen LogP contribution is -2.28. The van der Waals surface area contributed by atoms with Gasteiger partial charge in [-0.2, -0.15) is 0 Å². The Labute approximate surface area is 214 Å². The van der Waals surface area contributed by atoms with Gasteiger partial charge in [0.25, 0.3) is 0 Å². The Balaban J connectivity index is 1.67. The van der Waals surface area contributed by atoms with E-state index in [-0.39, 0.29) is 11.9 Å². The van der Waals surface area contributed by atoms with E-state index in [4.69, 9.17) is 48.6 Å². The van der Waals surface area contributed by atoms with E-state index in [2.05, 4.69) is 15.3 Å². The summed E-state index contributed by atoms with van der Waals surface area (Å²) in [6.45, 7) is 2.56. The molecule has 0 saturated carbocycles. The summed E-state index contributed by atoms with van der Waals surface area (Å²) in [4.78, 5) is 8.22. The third-order valence-corrected chi connectivity index (χ3v) is 6.33. The van der Waals surface area contributed by atoms with Gasteiger partial charge >= 0.3 is 0 Å². The summed E-state index contributed by atoms with van der Waals surface area (Å²) in [5.41, 5.74) is 9.17.